The van der Waals surface area contributed by atoms with Gasteiger partial charge in [-0.05, 0) is 77.5 Å². The van der Waals surface area contributed by atoms with E-state index >= 15 is 0 Å². The largest absolute Gasteiger partial charge is 0.473 e. The van der Waals surface area contributed by atoms with E-state index in [9.17, 15) is 13.2 Å². The summed E-state index contributed by atoms with van der Waals surface area (Å²) in [6, 6.07) is 12.7. The molecule has 1 aliphatic rings. The topological polar surface area (TPSA) is 77.8 Å². The SMILES string of the molecule is CC(C)Cc1ccc(CCN2CC=C(c3cccc(C(F)(F)F)c3)CC2)cc1CC(C)C.O=C(O)C(=O)O. The van der Waals surface area contributed by atoms with E-state index in [1.807, 2.05) is 0 Å². The smallest absolute Gasteiger partial charge is 0.416 e. The second-order valence-corrected chi connectivity index (χ2v) is 10.5. The van der Waals surface area contributed by atoms with Gasteiger partial charge >= 0.3 is 18.1 Å². The molecule has 0 unspecified atom stereocenters. The van der Waals surface area contributed by atoms with Gasteiger partial charge < -0.3 is 10.2 Å². The number of aliphatic carboxylic acids is 2. The molecule has 0 radical (unpaired) electrons. The van der Waals surface area contributed by atoms with Crippen LogP contribution in [0.15, 0.2) is 48.5 Å². The van der Waals surface area contributed by atoms with E-state index in [0.29, 0.717) is 17.4 Å². The van der Waals surface area contributed by atoms with Crippen LogP contribution < -0.4 is 0 Å². The van der Waals surface area contributed by atoms with Gasteiger partial charge in [0, 0.05) is 19.6 Å². The molecule has 0 aliphatic carbocycles. The fraction of sp³-hybridized carbons (Fsp3) is 0.467. The van der Waals surface area contributed by atoms with Crippen molar-refractivity contribution >= 4 is 17.5 Å². The Morgan fingerprint density at radius 2 is 1.55 bits per heavy atom. The van der Waals surface area contributed by atoms with E-state index in [1.165, 1.54) is 28.8 Å². The highest BCUT2D eigenvalue weighted by Crippen LogP contribution is 2.32. The zero-order valence-electron chi connectivity index (χ0n) is 22.5. The molecule has 38 heavy (non-hydrogen) atoms. The Morgan fingerprint density at radius 1 is 0.921 bits per heavy atom. The van der Waals surface area contributed by atoms with Gasteiger partial charge in [0.2, 0.25) is 0 Å². The number of nitrogens with zero attached hydrogens (tertiary/aromatic N) is 1. The van der Waals surface area contributed by atoms with E-state index in [2.05, 4.69) is 56.9 Å². The molecule has 3 rings (SSSR count). The van der Waals surface area contributed by atoms with E-state index in [0.717, 1.165) is 57.0 Å². The van der Waals surface area contributed by atoms with Crippen molar-refractivity contribution in [1.29, 1.82) is 0 Å². The standard InChI is InChI=1S/C28H36F3N.C2H2O4/c1-20(2)16-25-9-8-22(18-26(25)17-21(3)4)10-13-32-14-11-23(12-15-32)24-6-5-7-27(19-24)28(29,30)31;3-1(4)2(5)6/h5-9,11,18-21H,10,12-17H2,1-4H3;(H,3,4)(H,5,6). The maximum atomic E-state index is 13.0. The number of carboxylic acids is 2. The molecule has 0 aromatic heterocycles. The lowest BCUT2D eigenvalue weighted by molar-refractivity contribution is -0.159. The molecule has 0 atom stereocenters. The van der Waals surface area contributed by atoms with Crippen molar-refractivity contribution in [1.82, 2.24) is 4.90 Å². The number of alkyl halides is 3. The van der Waals surface area contributed by atoms with Gasteiger partial charge in [-0.25, -0.2) is 9.59 Å². The van der Waals surface area contributed by atoms with Crippen molar-refractivity contribution in [2.24, 2.45) is 11.8 Å². The Balaban J connectivity index is 0.000000757. The molecule has 5 nitrogen and oxygen atoms in total. The van der Waals surface area contributed by atoms with Crippen molar-refractivity contribution in [3.05, 3.63) is 76.4 Å². The van der Waals surface area contributed by atoms with Crippen LogP contribution in [0.3, 0.4) is 0 Å². The Morgan fingerprint density at radius 3 is 2.08 bits per heavy atom. The molecule has 0 fully saturated rings. The second kappa shape index (κ2) is 14.1. The summed E-state index contributed by atoms with van der Waals surface area (Å²) in [5.74, 6) is -2.36. The monoisotopic (exact) mass is 533 g/mol. The first kappa shape index (κ1) is 31.1. The summed E-state index contributed by atoms with van der Waals surface area (Å²) in [5, 5.41) is 14.8. The molecule has 0 amide bonds. The van der Waals surface area contributed by atoms with Crippen LogP contribution >= 0.6 is 0 Å². The molecule has 1 heterocycles. The highest BCUT2D eigenvalue weighted by atomic mass is 19.4. The van der Waals surface area contributed by atoms with Crippen molar-refractivity contribution in [2.75, 3.05) is 19.6 Å². The zero-order valence-corrected chi connectivity index (χ0v) is 22.5. The molecule has 2 aromatic rings. The molecule has 0 spiro atoms. The van der Waals surface area contributed by atoms with Gasteiger partial charge in [-0.1, -0.05) is 64.1 Å². The molecule has 0 saturated heterocycles. The first-order chi connectivity index (χ1) is 17.8. The number of carbonyl (C=O) groups is 2. The third kappa shape index (κ3) is 10.3. The Bertz CT molecular complexity index is 1110. The molecular weight excluding hydrogens is 495 g/mol. The van der Waals surface area contributed by atoms with Crippen LogP contribution in [0.2, 0.25) is 0 Å². The predicted molar refractivity (Wildman–Crippen MR) is 143 cm³/mol. The lowest BCUT2D eigenvalue weighted by Gasteiger charge is -2.27. The average Bonchev–Trinajstić information content (AvgIpc) is 2.84. The molecule has 0 bridgehead atoms. The Labute approximate surface area is 223 Å². The first-order valence-corrected chi connectivity index (χ1v) is 12.9. The third-order valence-electron chi connectivity index (χ3n) is 6.28. The highest BCUT2D eigenvalue weighted by molar-refractivity contribution is 6.27. The lowest BCUT2D eigenvalue weighted by atomic mass is 9.91. The van der Waals surface area contributed by atoms with E-state index in [1.54, 1.807) is 6.07 Å². The summed E-state index contributed by atoms with van der Waals surface area (Å²) in [5.41, 5.74) is 5.47. The minimum atomic E-state index is -4.30. The average molecular weight is 534 g/mol. The van der Waals surface area contributed by atoms with Gasteiger partial charge in [-0.2, -0.15) is 13.2 Å². The predicted octanol–water partition coefficient (Wildman–Crippen LogP) is 6.59. The van der Waals surface area contributed by atoms with Crippen LogP contribution in [0.4, 0.5) is 13.2 Å². The van der Waals surface area contributed by atoms with Crippen LogP contribution in [0.1, 0.15) is 61.9 Å². The van der Waals surface area contributed by atoms with Gasteiger partial charge in [0.1, 0.15) is 0 Å². The number of halogens is 3. The van der Waals surface area contributed by atoms with E-state index < -0.39 is 23.7 Å². The number of benzene rings is 2. The van der Waals surface area contributed by atoms with Crippen molar-refractivity contribution in [3.8, 4) is 0 Å². The molecular formula is C30H38F3NO4. The minimum absolute atomic E-state index is 0.573. The fourth-order valence-electron chi connectivity index (χ4n) is 4.46. The zero-order chi connectivity index (χ0) is 28.5. The van der Waals surface area contributed by atoms with E-state index in [-0.39, 0.29) is 0 Å². The van der Waals surface area contributed by atoms with Crippen LogP contribution in [0.25, 0.3) is 5.57 Å². The Hall–Kier alpha value is -3.13. The Kier molecular flexibility index (Phi) is 11.6. The second-order valence-electron chi connectivity index (χ2n) is 10.5. The number of carboxylic acid groups (broad SMARTS) is 2. The van der Waals surface area contributed by atoms with Crippen molar-refractivity contribution in [3.63, 3.8) is 0 Å². The van der Waals surface area contributed by atoms with Crippen LogP contribution in [-0.4, -0.2) is 46.7 Å². The van der Waals surface area contributed by atoms with E-state index in [4.69, 9.17) is 19.8 Å². The maximum absolute atomic E-state index is 13.0. The first-order valence-electron chi connectivity index (χ1n) is 12.9. The molecule has 2 N–H and O–H groups in total. The summed E-state index contributed by atoms with van der Waals surface area (Å²) in [6.45, 7) is 11.7. The summed E-state index contributed by atoms with van der Waals surface area (Å²) < 4.78 is 39.0. The fourth-order valence-corrected chi connectivity index (χ4v) is 4.46. The maximum Gasteiger partial charge on any atom is 0.416 e. The summed E-state index contributed by atoms with van der Waals surface area (Å²) in [7, 11) is 0. The van der Waals surface area contributed by atoms with Crippen LogP contribution in [-0.2, 0) is 35.0 Å². The summed E-state index contributed by atoms with van der Waals surface area (Å²) in [4.78, 5) is 20.6. The molecule has 2 aromatic carbocycles. The molecule has 8 heteroatoms. The molecule has 0 saturated carbocycles. The van der Waals surface area contributed by atoms with Crippen LogP contribution in [0, 0.1) is 11.8 Å². The quantitative estimate of drug-likeness (QED) is 0.375. The van der Waals surface area contributed by atoms with Gasteiger partial charge in [-0.15, -0.1) is 0 Å². The summed E-state index contributed by atoms with van der Waals surface area (Å²) in [6.07, 6.45) is 1.82. The third-order valence-corrected chi connectivity index (χ3v) is 6.28. The molecule has 208 valence electrons. The molecule has 1 aliphatic heterocycles. The van der Waals surface area contributed by atoms with Gasteiger partial charge in [0.15, 0.2) is 0 Å². The number of hydrogen-bond donors (Lipinski definition) is 2. The number of hydrogen-bond acceptors (Lipinski definition) is 3. The normalized spacial score (nSPS) is 14.2. The van der Waals surface area contributed by atoms with Gasteiger partial charge in [0.05, 0.1) is 5.56 Å². The number of rotatable bonds is 8. The minimum Gasteiger partial charge on any atom is -0.473 e. The summed E-state index contributed by atoms with van der Waals surface area (Å²) >= 11 is 0. The van der Waals surface area contributed by atoms with Crippen molar-refractivity contribution in [2.45, 2.75) is 59.6 Å². The highest BCUT2D eigenvalue weighted by Gasteiger charge is 2.30. The lowest BCUT2D eigenvalue weighted by Crippen LogP contribution is -2.30. The van der Waals surface area contributed by atoms with Crippen molar-refractivity contribution < 1.29 is 33.0 Å². The van der Waals surface area contributed by atoms with Gasteiger partial charge in [0.25, 0.3) is 0 Å². The van der Waals surface area contributed by atoms with Crippen LogP contribution in [0.5, 0.6) is 0 Å². The van der Waals surface area contributed by atoms with Gasteiger partial charge in [-0.3, -0.25) is 4.90 Å².